The summed E-state index contributed by atoms with van der Waals surface area (Å²) in [6, 6.07) is 5.04. The fraction of sp³-hybridized carbons (Fsp3) is 0.471. The highest BCUT2D eigenvalue weighted by Crippen LogP contribution is 2.30. The molecule has 114 valence electrons. The lowest BCUT2D eigenvalue weighted by Gasteiger charge is -2.12. The van der Waals surface area contributed by atoms with E-state index in [2.05, 4.69) is 25.8 Å². The number of hydrogen-bond donors (Lipinski definition) is 1. The lowest BCUT2D eigenvalue weighted by atomic mass is 10.1. The molecule has 1 aromatic carbocycles. The molecule has 1 aromatic heterocycles. The predicted octanol–water partition coefficient (Wildman–Crippen LogP) is 4.19. The Morgan fingerprint density at radius 3 is 2.67 bits per heavy atom. The largest absolute Gasteiger partial charge is 0.383 e. The Kier molecular flexibility index (Phi) is 4.66. The second-order valence-electron chi connectivity index (χ2n) is 6.00. The maximum absolute atomic E-state index is 14.1. The molecule has 0 amide bonds. The average molecular weight is 289 g/mol. The van der Waals surface area contributed by atoms with E-state index >= 15 is 0 Å². The summed E-state index contributed by atoms with van der Waals surface area (Å²) in [4.78, 5) is 4.62. The zero-order valence-corrected chi connectivity index (χ0v) is 13.3. The van der Waals surface area contributed by atoms with E-state index < -0.39 is 0 Å². The molecule has 0 aliphatic heterocycles. The molecule has 0 atom stereocenters. The zero-order chi connectivity index (χ0) is 15.6. The van der Waals surface area contributed by atoms with Gasteiger partial charge in [-0.3, -0.25) is 0 Å². The minimum atomic E-state index is -0.274. The van der Waals surface area contributed by atoms with Crippen molar-refractivity contribution >= 4 is 5.82 Å². The zero-order valence-electron chi connectivity index (χ0n) is 13.3. The van der Waals surface area contributed by atoms with Crippen molar-refractivity contribution < 1.29 is 4.39 Å². The van der Waals surface area contributed by atoms with Gasteiger partial charge < -0.3 is 10.3 Å². The third-order valence-electron chi connectivity index (χ3n) is 3.48. The number of rotatable bonds is 5. The van der Waals surface area contributed by atoms with Crippen LogP contribution in [0.1, 0.15) is 38.6 Å². The van der Waals surface area contributed by atoms with Gasteiger partial charge in [-0.25, -0.2) is 9.37 Å². The smallest absolute Gasteiger partial charge is 0.132 e. The molecule has 0 fully saturated rings. The van der Waals surface area contributed by atoms with Gasteiger partial charge in [0.25, 0.3) is 0 Å². The molecule has 4 heteroatoms. The average Bonchev–Trinajstić information content (AvgIpc) is 2.70. The lowest BCUT2D eigenvalue weighted by Crippen LogP contribution is -2.11. The fourth-order valence-corrected chi connectivity index (χ4v) is 2.52. The summed E-state index contributed by atoms with van der Waals surface area (Å²) in [6.07, 6.45) is 1.84. The van der Waals surface area contributed by atoms with Gasteiger partial charge in [0.1, 0.15) is 23.2 Å². The Bertz CT molecular complexity index is 629. The first kappa shape index (κ1) is 15.5. The number of aromatic nitrogens is 2. The van der Waals surface area contributed by atoms with Gasteiger partial charge in [0.15, 0.2) is 0 Å². The van der Waals surface area contributed by atoms with Crippen molar-refractivity contribution in [1.82, 2.24) is 9.55 Å². The van der Waals surface area contributed by atoms with Gasteiger partial charge in [-0.15, -0.1) is 0 Å². The van der Waals surface area contributed by atoms with Gasteiger partial charge in [-0.05, 0) is 31.4 Å². The van der Waals surface area contributed by atoms with Crippen LogP contribution in [0.15, 0.2) is 18.2 Å². The molecule has 0 aliphatic carbocycles. The van der Waals surface area contributed by atoms with E-state index in [0.717, 1.165) is 30.8 Å². The SMILES string of the molecule is CCCc1nc(-c2cc(C)ccc2F)c(N)n1CC(C)C. The number of imidazole rings is 1. The third kappa shape index (κ3) is 3.26. The van der Waals surface area contributed by atoms with Crippen molar-refractivity contribution in [3.8, 4) is 11.3 Å². The minimum Gasteiger partial charge on any atom is -0.383 e. The van der Waals surface area contributed by atoms with E-state index in [9.17, 15) is 4.39 Å². The Hall–Kier alpha value is -1.84. The predicted molar refractivity (Wildman–Crippen MR) is 85.6 cm³/mol. The lowest BCUT2D eigenvalue weighted by molar-refractivity contribution is 0.510. The van der Waals surface area contributed by atoms with Gasteiger partial charge in [-0.1, -0.05) is 32.4 Å². The normalized spacial score (nSPS) is 11.3. The van der Waals surface area contributed by atoms with Crippen LogP contribution in [0.3, 0.4) is 0 Å². The summed E-state index contributed by atoms with van der Waals surface area (Å²) >= 11 is 0. The van der Waals surface area contributed by atoms with Crippen LogP contribution in [0.4, 0.5) is 10.2 Å². The second-order valence-corrected chi connectivity index (χ2v) is 6.00. The number of anilines is 1. The van der Waals surface area contributed by atoms with Crippen LogP contribution in [0.2, 0.25) is 0 Å². The molecule has 0 saturated heterocycles. The summed E-state index contributed by atoms with van der Waals surface area (Å²) < 4.78 is 16.2. The fourth-order valence-electron chi connectivity index (χ4n) is 2.52. The van der Waals surface area contributed by atoms with Crippen LogP contribution in [-0.2, 0) is 13.0 Å². The summed E-state index contributed by atoms with van der Waals surface area (Å²) in [5.74, 6) is 1.70. The van der Waals surface area contributed by atoms with E-state index in [4.69, 9.17) is 5.73 Å². The first-order chi connectivity index (χ1) is 9.93. The molecular weight excluding hydrogens is 265 g/mol. The highest BCUT2D eigenvalue weighted by molar-refractivity contribution is 5.72. The quantitative estimate of drug-likeness (QED) is 0.897. The van der Waals surface area contributed by atoms with E-state index in [1.807, 2.05) is 17.6 Å². The molecule has 2 N–H and O–H groups in total. The second kappa shape index (κ2) is 6.29. The molecular formula is C17H24FN3. The van der Waals surface area contributed by atoms with Crippen molar-refractivity contribution in [1.29, 1.82) is 0 Å². The Balaban J connectivity index is 2.56. The van der Waals surface area contributed by atoms with Crippen LogP contribution >= 0.6 is 0 Å². The number of aryl methyl sites for hydroxylation is 2. The van der Waals surface area contributed by atoms with Crippen molar-refractivity contribution in [3.05, 3.63) is 35.4 Å². The summed E-state index contributed by atoms with van der Waals surface area (Å²) in [5, 5.41) is 0. The Morgan fingerprint density at radius 2 is 2.05 bits per heavy atom. The van der Waals surface area contributed by atoms with Crippen LogP contribution in [0.5, 0.6) is 0 Å². The molecule has 0 aliphatic rings. The van der Waals surface area contributed by atoms with E-state index in [1.165, 1.54) is 6.07 Å². The number of benzene rings is 1. The van der Waals surface area contributed by atoms with Crippen molar-refractivity contribution in [2.24, 2.45) is 5.92 Å². The minimum absolute atomic E-state index is 0.274. The number of hydrogen-bond acceptors (Lipinski definition) is 2. The molecule has 0 saturated carbocycles. The third-order valence-corrected chi connectivity index (χ3v) is 3.48. The van der Waals surface area contributed by atoms with Crippen LogP contribution in [0, 0.1) is 18.7 Å². The highest BCUT2D eigenvalue weighted by Gasteiger charge is 2.19. The molecule has 2 rings (SSSR count). The van der Waals surface area contributed by atoms with E-state index in [0.29, 0.717) is 23.0 Å². The summed E-state index contributed by atoms with van der Waals surface area (Å²) in [6.45, 7) is 9.14. The maximum atomic E-state index is 14.1. The molecule has 0 spiro atoms. The number of nitrogens with two attached hydrogens (primary N) is 1. The van der Waals surface area contributed by atoms with Gasteiger partial charge in [0.05, 0.1) is 0 Å². The van der Waals surface area contributed by atoms with Crippen LogP contribution < -0.4 is 5.73 Å². The Morgan fingerprint density at radius 1 is 1.33 bits per heavy atom. The Labute approximate surface area is 126 Å². The molecule has 1 heterocycles. The van der Waals surface area contributed by atoms with Gasteiger partial charge in [0, 0.05) is 18.5 Å². The molecule has 0 radical (unpaired) electrons. The van der Waals surface area contributed by atoms with E-state index in [1.54, 1.807) is 6.07 Å². The van der Waals surface area contributed by atoms with Crippen LogP contribution in [-0.4, -0.2) is 9.55 Å². The maximum Gasteiger partial charge on any atom is 0.132 e. The van der Waals surface area contributed by atoms with Gasteiger partial charge in [-0.2, -0.15) is 0 Å². The van der Waals surface area contributed by atoms with E-state index in [-0.39, 0.29) is 5.82 Å². The van der Waals surface area contributed by atoms with Gasteiger partial charge in [0.2, 0.25) is 0 Å². The molecule has 21 heavy (non-hydrogen) atoms. The molecule has 2 aromatic rings. The van der Waals surface area contributed by atoms with Gasteiger partial charge >= 0.3 is 0 Å². The molecule has 0 unspecified atom stereocenters. The summed E-state index contributed by atoms with van der Waals surface area (Å²) in [7, 11) is 0. The highest BCUT2D eigenvalue weighted by atomic mass is 19.1. The number of nitrogens with zero attached hydrogens (tertiary/aromatic N) is 2. The monoisotopic (exact) mass is 289 g/mol. The first-order valence-electron chi connectivity index (χ1n) is 7.55. The number of nitrogen functional groups attached to an aromatic ring is 1. The molecule has 0 bridgehead atoms. The summed E-state index contributed by atoms with van der Waals surface area (Å²) in [5.41, 5.74) is 8.33. The van der Waals surface area contributed by atoms with Crippen molar-refractivity contribution in [2.75, 3.05) is 5.73 Å². The first-order valence-corrected chi connectivity index (χ1v) is 7.55. The van der Waals surface area contributed by atoms with Crippen LogP contribution in [0.25, 0.3) is 11.3 Å². The van der Waals surface area contributed by atoms with Crippen molar-refractivity contribution in [2.45, 2.75) is 47.1 Å². The van der Waals surface area contributed by atoms with Crippen molar-refractivity contribution in [3.63, 3.8) is 0 Å². The molecule has 3 nitrogen and oxygen atoms in total. The number of halogens is 1. The standard InChI is InChI=1S/C17H24FN3/c1-5-6-15-20-16(17(19)21(15)10-11(2)3)13-9-12(4)7-8-14(13)18/h7-9,11H,5-6,10,19H2,1-4H3. The topological polar surface area (TPSA) is 43.8 Å².